The van der Waals surface area contributed by atoms with E-state index in [4.69, 9.17) is 13.9 Å². The number of aryl methyl sites for hydroxylation is 1. The van der Waals surface area contributed by atoms with Gasteiger partial charge >= 0.3 is 5.63 Å². The number of aliphatic imine (C=N–C) groups is 1. The van der Waals surface area contributed by atoms with Crippen molar-refractivity contribution in [3.8, 4) is 5.75 Å². The van der Waals surface area contributed by atoms with Crippen LogP contribution in [0.1, 0.15) is 29.8 Å². The average Bonchev–Trinajstić information content (AvgIpc) is 2.65. The van der Waals surface area contributed by atoms with Crippen LogP contribution in [0.3, 0.4) is 0 Å². The summed E-state index contributed by atoms with van der Waals surface area (Å²) in [5, 5.41) is 3.71. The molecule has 6 nitrogen and oxygen atoms in total. The molecule has 0 aliphatic carbocycles. The van der Waals surface area contributed by atoms with E-state index in [0.29, 0.717) is 24.1 Å². The van der Waals surface area contributed by atoms with E-state index in [-0.39, 0.29) is 5.63 Å². The molecule has 0 bridgehead atoms. The van der Waals surface area contributed by atoms with Gasteiger partial charge in [-0.15, -0.1) is 0 Å². The van der Waals surface area contributed by atoms with Crippen LogP contribution in [-0.2, 0) is 17.8 Å². The van der Waals surface area contributed by atoms with E-state index in [1.807, 2.05) is 37.4 Å². The van der Waals surface area contributed by atoms with E-state index in [1.165, 1.54) is 17.8 Å². The molecule has 132 valence electrons. The van der Waals surface area contributed by atoms with E-state index < -0.39 is 6.23 Å². The Morgan fingerprint density at radius 1 is 1.32 bits per heavy atom. The molecule has 2 heterocycles. The minimum Gasteiger partial charge on any atom is -0.497 e. The molecular weight excluding hydrogens is 340 g/mol. The summed E-state index contributed by atoms with van der Waals surface area (Å²) < 4.78 is 16.5. The molecule has 1 N–H and O–H groups in total. The van der Waals surface area contributed by atoms with Crippen molar-refractivity contribution in [2.75, 3.05) is 18.7 Å². The number of thioether (sulfide) groups is 1. The van der Waals surface area contributed by atoms with E-state index in [2.05, 4.69) is 10.3 Å². The molecular formula is C18H20N2O4S. The summed E-state index contributed by atoms with van der Waals surface area (Å²) >= 11 is 1.44. The second-order valence-corrected chi connectivity index (χ2v) is 6.26. The van der Waals surface area contributed by atoms with Crippen LogP contribution in [0.25, 0.3) is 0 Å². The molecule has 1 aromatic heterocycles. The van der Waals surface area contributed by atoms with Crippen LogP contribution in [0.5, 0.6) is 5.75 Å². The quantitative estimate of drug-likeness (QED) is 0.879. The Morgan fingerprint density at radius 2 is 2.08 bits per heavy atom. The summed E-state index contributed by atoms with van der Waals surface area (Å²) in [6.07, 6.45) is 2.08. The number of benzene rings is 1. The molecule has 0 spiro atoms. The van der Waals surface area contributed by atoms with Crippen molar-refractivity contribution in [2.24, 2.45) is 4.99 Å². The van der Waals surface area contributed by atoms with Crippen molar-refractivity contribution in [2.45, 2.75) is 26.2 Å². The Hall–Kier alpha value is -2.25. The number of amidine groups is 1. The Bertz CT molecular complexity index is 830. The second kappa shape index (κ2) is 7.76. The van der Waals surface area contributed by atoms with Crippen LogP contribution in [0, 0.1) is 0 Å². The van der Waals surface area contributed by atoms with Crippen LogP contribution < -0.4 is 15.7 Å². The van der Waals surface area contributed by atoms with Crippen LogP contribution in [-0.4, -0.2) is 18.5 Å². The van der Waals surface area contributed by atoms with Crippen molar-refractivity contribution in [3.63, 3.8) is 0 Å². The SMILES string of the molecule is CCc1cc(=O)oc2c1C(OCc1ccc(OC)cc1)N=C(SC)N2. The summed E-state index contributed by atoms with van der Waals surface area (Å²) in [6.45, 7) is 2.38. The average molecular weight is 360 g/mol. The Kier molecular flexibility index (Phi) is 5.45. The minimum absolute atomic E-state index is 0.376. The van der Waals surface area contributed by atoms with E-state index in [9.17, 15) is 4.79 Å². The molecule has 7 heteroatoms. The zero-order valence-electron chi connectivity index (χ0n) is 14.4. The van der Waals surface area contributed by atoms with Gasteiger partial charge in [0.05, 0.1) is 19.3 Å². The van der Waals surface area contributed by atoms with Gasteiger partial charge in [0, 0.05) is 6.07 Å². The van der Waals surface area contributed by atoms with Crippen molar-refractivity contribution >= 4 is 22.8 Å². The lowest BCUT2D eigenvalue weighted by molar-refractivity contribution is 0.0441. The smallest absolute Gasteiger partial charge is 0.337 e. The Balaban J connectivity index is 1.87. The van der Waals surface area contributed by atoms with Gasteiger partial charge in [0.25, 0.3) is 0 Å². The number of fused-ring (bicyclic) bond motifs is 1. The van der Waals surface area contributed by atoms with E-state index in [0.717, 1.165) is 22.4 Å². The zero-order chi connectivity index (χ0) is 17.8. The van der Waals surface area contributed by atoms with Crippen LogP contribution >= 0.6 is 11.8 Å². The fourth-order valence-electron chi connectivity index (χ4n) is 2.63. The van der Waals surface area contributed by atoms with Crippen LogP contribution in [0.2, 0.25) is 0 Å². The molecule has 0 radical (unpaired) electrons. The third-order valence-electron chi connectivity index (χ3n) is 3.93. The number of hydrogen-bond donors (Lipinski definition) is 1. The summed E-state index contributed by atoms with van der Waals surface area (Å²) in [6, 6.07) is 9.19. The number of nitrogens with one attached hydrogen (secondary N) is 1. The third kappa shape index (κ3) is 3.88. The number of anilines is 1. The molecule has 1 aliphatic heterocycles. The highest BCUT2D eigenvalue weighted by Crippen LogP contribution is 2.35. The first-order chi connectivity index (χ1) is 12.1. The highest BCUT2D eigenvalue weighted by atomic mass is 32.2. The zero-order valence-corrected chi connectivity index (χ0v) is 15.2. The molecule has 1 atom stereocenters. The lowest BCUT2D eigenvalue weighted by Crippen LogP contribution is -2.22. The molecule has 2 aromatic rings. The number of ether oxygens (including phenoxy) is 2. The van der Waals surface area contributed by atoms with Gasteiger partial charge in [-0.05, 0) is 35.9 Å². The van der Waals surface area contributed by atoms with Crippen molar-refractivity contribution in [3.05, 3.63) is 57.4 Å². The summed E-state index contributed by atoms with van der Waals surface area (Å²) in [7, 11) is 1.64. The first kappa shape index (κ1) is 17.6. The van der Waals surface area contributed by atoms with Crippen LogP contribution in [0.4, 0.5) is 5.88 Å². The Morgan fingerprint density at radius 3 is 2.72 bits per heavy atom. The standard InChI is InChI=1S/C18H20N2O4S/c1-4-12-9-14(21)24-17-15(12)16(19-18(20-17)25-3)23-10-11-5-7-13(22-2)8-6-11/h5-9,16H,4,10H2,1-3H3,(H,19,20). The summed E-state index contributed by atoms with van der Waals surface area (Å²) in [5.41, 5.74) is 2.30. The fraction of sp³-hybridized carbons (Fsp3) is 0.333. The van der Waals surface area contributed by atoms with Gasteiger partial charge in [-0.2, -0.15) is 0 Å². The van der Waals surface area contributed by atoms with E-state index >= 15 is 0 Å². The molecule has 3 rings (SSSR count). The van der Waals surface area contributed by atoms with Crippen molar-refractivity contribution in [1.82, 2.24) is 0 Å². The predicted molar refractivity (Wildman–Crippen MR) is 99.5 cm³/mol. The second-order valence-electron chi connectivity index (χ2n) is 5.46. The van der Waals surface area contributed by atoms with Gasteiger partial charge in [-0.3, -0.25) is 0 Å². The summed E-state index contributed by atoms with van der Waals surface area (Å²) in [5.74, 6) is 1.22. The number of nitrogens with zero attached hydrogens (tertiary/aromatic N) is 1. The molecule has 0 saturated carbocycles. The molecule has 1 unspecified atom stereocenters. The topological polar surface area (TPSA) is 73.1 Å². The Labute approximate surface area is 150 Å². The first-order valence-electron chi connectivity index (χ1n) is 7.94. The highest BCUT2D eigenvalue weighted by molar-refractivity contribution is 8.13. The van der Waals surface area contributed by atoms with Gasteiger partial charge in [-0.1, -0.05) is 30.8 Å². The minimum atomic E-state index is -0.514. The predicted octanol–water partition coefficient (Wildman–Crippen LogP) is 3.57. The fourth-order valence-corrected chi connectivity index (χ4v) is 3.02. The lowest BCUT2D eigenvalue weighted by Gasteiger charge is -2.25. The van der Waals surface area contributed by atoms with E-state index in [1.54, 1.807) is 7.11 Å². The molecule has 25 heavy (non-hydrogen) atoms. The van der Waals surface area contributed by atoms with Gasteiger partial charge in [0.1, 0.15) is 5.75 Å². The number of hydrogen-bond acceptors (Lipinski definition) is 7. The van der Waals surface area contributed by atoms with Gasteiger partial charge in [0.2, 0.25) is 5.88 Å². The number of methoxy groups -OCH3 is 1. The maximum Gasteiger partial charge on any atom is 0.337 e. The largest absolute Gasteiger partial charge is 0.497 e. The van der Waals surface area contributed by atoms with Gasteiger partial charge < -0.3 is 19.2 Å². The maximum atomic E-state index is 11.8. The molecule has 1 aliphatic rings. The molecule has 0 saturated heterocycles. The lowest BCUT2D eigenvalue weighted by atomic mass is 10.1. The normalized spacial score (nSPS) is 16.0. The van der Waals surface area contributed by atoms with Gasteiger partial charge in [0.15, 0.2) is 11.4 Å². The molecule has 0 amide bonds. The monoisotopic (exact) mass is 360 g/mol. The highest BCUT2D eigenvalue weighted by Gasteiger charge is 2.27. The molecule has 1 aromatic carbocycles. The number of rotatable bonds is 5. The van der Waals surface area contributed by atoms with Crippen molar-refractivity contribution in [1.29, 1.82) is 0 Å². The first-order valence-corrected chi connectivity index (χ1v) is 9.17. The maximum absolute atomic E-state index is 11.8. The van der Waals surface area contributed by atoms with Crippen LogP contribution in [0.15, 0.2) is 44.5 Å². The molecule has 0 fully saturated rings. The van der Waals surface area contributed by atoms with Crippen molar-refractivity contribution < 1.29 is 13.9 Å². The third-order valence-corrected chi connectivity index (χ3v) is 4.52. The summed E-state index contributed by atoms with van der Waals surface area (Å²) in [4.78, 5) is 16.3. The van der Waals surface area contributed by atoms with Gasteiger partial charge in [-0.25, -0.2) is 9.79 Å².